The second-order valence-corrected chi connectivity index (χ2v) is 6.51. The lowest BCUT2D eigenvalue weighted by Crippen LogP contribution is -2.66. The molecule has 0 aliphatic carbocycles. The van der Waals surface area contributed by atoms with Gasteiger partial charge in [-0.15, -0.1) is 0 Å². The first kappa shape index (κ1) is 12.9. The van der Waals surface area contributed by atoms with Crippen molar-refractivity contribution < 1.29 is 4.74 Å². The van der Waals surface area contributed by atoms with Crippen LogP contribution in [0.1, 0.15) is 26.7 Å². The van der Waals surface area contributed by atoms with Crippen molar-refractivity contribution in [3.05, 3.63) is 0 Å². The van der Waals surface area contributed by atoms with E-state index in [1.807, 2.05) is 0 Å². The lowest BCUT2D eigenvalue weighted by molar-refractivity contribution is -0.119. The Morgan fingerprint density at radius 2 is 1.89 bits per heavy atom. The molecular weight excluding hydrogens is 226 g/mol. The van der Waals surface area contributed by atoms with Gasteiger partial charge in [-0.25, -0.2) is 0 Å². The summed E-state index contributed by atoms with van der Waals surface area (Å²) in [5.41, 5.74) is 6.49. The van der Waals surface area contributed by atoms with E-state index in [0.717, 1.165) is 25.6 Å². The maximum atomic E-state index is 6.24. The number of morpholine rings is 1. The minimum absolute atomic E-state index is 0.249. The van der Waals surface area contributed by atoms with E-state index in [2.05, 4.69) is 23.6 Å². The standard InChI is InChI=1S/C14H27N3O/c1-11-7-17(8-12(2)18-11)14(10-15)4-6-16-5-3-13(14)9-16/h11-13H,3-10,15H2,1-2H3/t11-,12+,13?,14?. The van der Waals surface area contributed by atoms with Crippen LogP contribution in [-0.4, -0.2) is 66.8 Å². The van der Waals surface area contributed by atoms with Crippen LogP contribution in [0.2, 0.25) is 0 Å². The summed E-state index contributed by atoms with van der Waals surface area (Å²) in [6.45, 7) is 11.1. The smallest absolute Gasteiger partial charge is 0.0678 e. The Balaban J connectivity index is 1.82. The molecule has 4 heteroatoms. The van der Waals surface area contributed by atoms with E-state index < -0.39 is 0 Å². The summed E-state index contributed by atoms with van der Waals surface area (Å²) >= 11 is 0. The highest BCUT2D eigenvalue weighted by molar-refractivity contribution is 5.06. The predicted molar refractivity (Wildman–Crippen MR) is 72.5 cm³/mol. The van der Waals surface area contributed by atoms with Crippen molar-refractivity contribution in [2.75, 3.05) is 39.3 Å². The highest BCUT2D eigenvalue weighted by atomic mass is 16.5. The van der Waals surface area contributed by atoms with E-state index in [1.165, 1.54) is 32.5 Å². The second kappa shape index (κ2) is 4.75. The summed E-state index contributed by atoms with van der Waals surface area (Å²) in [6, 6.07) is 0. The van der Waals surface area contributed by atoms with Gasteiger partial charge in [0.25, 0.3) is 0 Å². The molecule has 2 N–H and O–H groups in total. The molecule has 104 valence electrons. The Bertz CT molecular complexity index is 301. The molecule has 3 rings (SSSR count). The summed E-state index contributed by atoms with van der Waals surface area (Å²) in [4.78, 5) is 5.27. The molecule has 3 aliphatic rings. The van der Waals surface area contributed by atoms with Crippen molar-refractivity contribution in [2.45, 2.75) is 44.4 Å². The van der Waals surface area contributed by atoms with Gasteiger partial charge in [-0.2, -0.15) is 0 Å². The van der Waals surface area contributed by atoms with Crippen LogP contribution < -0.4 is 5.73 Å². The Hall–Kier alpha value is -0.160. The van der Waals surface area contributed by atoms with Crippen LogP contribution in [0.3, 0.4) is 0 Å². The van der Waals surface area contributed by atoms with Crippen LogP contribution in [0, 0.1) is 5.92 Å². The Morgan fingerprint density at radius 3 is 2.56 bits per heavy atom. The van der Waals surface area contributed by atoms with Crippen LogP contribution in [0.25, 0.3) is 0 Å². The van der Waals surface area contributed by atoms with Gasteiger partial charge in [-0.1, -0.05) is 0 Å². The lowest BCUT2D eigenvalue weighted by Gasteiger charge is -2.53. The average molecular weight is 253 g/mol. The molecule has 0 amide bonds. The second-order valence-electron chi connectivity index (χ2n) is 6.51. The first-order valence-corrected chi connectivity index (χ1v) is 7.47. The van der Waals surface area contributed by atoms with Gasteiger partial charge in [0, 0.05) is 31.7 Å². The van der Waals surface area contributed by atoms with Crippen LogP contribution in [0.15, 0.2) is 0 Å². The van der Waals surface area contributed by atoms with Crippen molar-refractivity contribution >= 4 is 0 Å². The third-order valence-corrected chi connectivity index (χ3v) is 5.30. The molecule has 0 saturated carbocycles. The number of ether oxygens (including phenoxy) is 1. The summed E-state index contributed by atoms with van der Waals surface area (Å²) in [7, 11) is 0. The summed E-state index contributed by atoms with van der Waals surface area (Å²) < 4.78 is 5.88. The van der Waals surface area contributed by atoms with Crippen LogP contribution in [0.4, 0.5) is 0 Å². The van der Waals surface area contributed by atoms with E-state index in [1.54, 1.807) is 0 Å². The van der Waals surface area contributed by atoms with Crippen molar-refractivity contribution in [3.63, 3.8) is 0 Å². The van der Waals surface area contributed by atoms with Crippen molar-refractivity contribution in [1.29, 1.82) is 0 Å². The van der Waals surface area contributed by atoms with Crippen molar-refractivity contribution in [1.82, 2.24) is 9.80 Å². The fourth-order valence-corrected chi connectivity index (χ4v) is 4.39. The largest absolute Gasteiger partial charge is 0.373 e. The number of hydrogen-bond donors (Lipinski definition) is 1. The van der Waals surface area contributed by atoms with Crippen molar-refractivity contribution in [2.24, 2.45) is 11.7 Å². The fraction of sp³-hybridized carbons (Fsp3) is 1.00. The molecule has 5 atom stereocenters. The Kier molecular flexibility index (Phi) is 3.39. The molecule has 3 unspecified atom stereocenters. The molecule has 3 heterocycles. The minimum atomic E-state index is 0.249. The molecule has 3 fully saturated rings. The number of fused-ring (bicyclic) bond motifs is 2. The van der Waals surface area contributed by atoms with Gasteiger partial charge >= 0.3 is 0 Å². The van der Waals surface area contributed by atoms with Gasteiger partial charge in [0.2, 0.25) is 0 Å². The minimum Gasteiger partial charge on any atom is -0.373 e. The van der Waals surface area contributed by atoms with Crippen LogP contribution >= 0.6 is 0 Å². The molecule has 0 aromatic rings. The van der Waals surface area contributed by atoms with Crippen LogP contribution in [0.5, 0.6) is 0 Å². The zero-order chi connectivity index (χ0) is 12.8. The van der Waals surface area contributed by atoms with Gasteiger partial charge in [0.1, 0.15) is 0 Å². The van der Waals surface area contributed by atoms with Gasteiger partial charge in [0.15, 0.2) is 0 Å². The van der Waals surface area contributed by atoms with E-state index in [-0.39, 0.29) is 5.54 Å². The first-order valence-electron chi connectivity index (χ1n) is 7.47. The quantitative estimate of drug-likeness (QED) is 0.779. The number of nitrogens with two attached hydrogens (primary N) is 1. The highest BCUT2D eigenvalue weighted by Crippen LogP contribution is 2.40. The normalized spacial score (nSPS) is 49.5. The zero-order valence-corrected chi connectivity index (χ0v) is 11.8. The van der Waals surface area contributed by atoms with E-state index in [9.17, 15) is 0 Å². The number of nitrogens with zero attached hydrogens (tertiary/aromatic N) is 2. The lowest BCUT2D eigenvalue weighted by atomic mass is 9.76. The van der Waals surface area contributed by atoms with Crippen molar-refractivity contribution in [3.8, 4) is 0 Å². The summed E-state index contributed by atoms with van der Waals surface area (Å²) in [5.74, 6) is 0.772. The Morgan fingerprint density at radius 1 is 1.17 bits per heavy atom. The average Bonchev–Trinajstić information content (AvgIpc) is 2.73. The maximum Gasteiger partial charge on any atom is 0.0678 e. The van der Waals surface area contributed by atoms with E-state index in [0.29, 0.717) is 12.2 Å². The third-order valence-electron chi connectivity index (χ3n) is 5.30. The zero-order valence-electron chi connectivity index (χ0n) is 11.8. The predicted octanol–water partition coefficient (Wildman–Crippen LogP) is 0.519. The fourth-order valence-electron chi connectivity index (χ4n) is 4.39. The monoisotopic (exact) mass is 253 g/mol. The highest BCUT2D eigenvalue weighted by Gasteiger charge is 2.50. The number of hydrogen-bond acceptors (Lipinski definition) is 4. The van der Waals surface area contributed by atoms with E-state index in [4.69, 9.17) is 10.5 Å². The number of piperidine rings is 1. The van der Waals surface area contributed by atoms with Gasteiger partial charge < -0.3 is 15.4 Å². The molecule has 4 nitrogen and oxygen atoms in total. The summed E-state index contributed by atoms with van der Waals surface area (Å²) in [5, 5.41) is 0. The molecule has 0 radical (unpaired) electrons. The maximum absolute atomic E-state index is 6.24. The molecule has 0 spiro atoms. The molecule has 3 saturated heterocycles. The SMILES string of the molecule is C[C@@H]1CN(C2(CN)CCN3CCC2C3)C[C@H](C)O1. The summed E-state index contributed by atoms with van der Waals surface area (Å²) in [6.07, 6.45) is 3.26. The topological polar surface area (TPSA) is 41.7 Å². The van der Waals surface area contributed by atoms with Crippen LogP contribution in [-0.2, 0) is 4.74 Å². The molecule has 0 aromatic heterocycles. The third kappa shape index (κ3) is 1.99. The molecule has 2 bridgehead atoms. The molecule has 0 aromatic carbocycles. The van der Waals surface area contributed by atoms with Gasteiger partial charge in [0.05, 0.1) is 12.2 Å². The molecule has 3 aliphatic heterocycles. The molecule has 18 heavy (non-hydrogen) atoms. The number of rotatable bonds is 2. The van der Waals surface area contributed by atoms with Gasteiger partial charge in [-0.3, -0.25) is 4.90 Å². The van der Waals surface area contributed by atoms with E-state index >= 15 is 0 Å². The van der Waals surface area contributed by atoms with Gasteiger partial charge in [-0.05, 0) is 45.7 Å². The molecular formula is C14H27N3O. The first-order chi connectivity index (χ1) is 8.64. The Labute approximate surface area is 110 Å².